The van der Waals surface area contributed by atoms with Gasteiger partial charge in [0.1, 0.15) is 49.8 Å². The van der Waals surface area contributed by atoms with E-state index >= 15 is 0 Å². The van der Waals surface area contributed by atoms with E-state index in [0.717, 1.165) is 33.7 Å². The quantitative estimate of drug-likeness (QED) is 0.127. The van der Waals surface area contributed by atoms with Gasteiger partial charge in [-0.3, -0.25) is 28.7 Å². The van der Waals surface area contributed by atoms with Gasteiger partial charge in [0.05, 0.1) is 0 Å². The summed E-state index contributed by atoms with van der Waals surface area (Å²) in [6, 6.07) is 1.95. The molecule has 3 unspecified atom stereocenters. The lowest BCUT2D eigenvalue weighted by atomic mass is 10.1. The van der Waals surface area contributed by atoms with Crippen molar-refractivity contribution in [3.05, 3.63) is 66.2 Å². The molecule has 0 radical (unpaired) electrons. The molecule has 4 rings (SSSR count). The van der Waals surface area contributed by atoms with E-state index in [2.05, 4.69) is 8.62 Å². The van der Waals surface area contributed by atoms with Gasteiger partial charge >= 0.3 is 36.1 Å². The summed E-state index contributed by atoms with van der Waals surface area (Å²) in [4.78, 5) is 50.1. The second-order valence-corrected chi connectivity index (χ2v) is 11.7. The normalized spacial score (nSPS) is 30.3. The molecule has 0 bridgehead atoms. The minimum atomic E-state index is -3.38. The molecule has 11 atom stereocenters. The van der Waals surface area contributed by atoms with E-state index in [4.69, 9.17) is 18.5 Å². The number of nitrogens with one attached hydrogen (secondary N) is 2. The highest BCUT2D eigenvalue weighted by atomic mass is 31.2. The zero-order valence-electron chi connectivity index (χ0n) is 20.7. The number of ether oxygens (including phenoxy) is 2. The molecule has 0 amide bonds. The Morgan fingerprint density at radius 3 is 1.40 bits per heavy atom. The predicted molar refractivity (Wildman–Crippen MR) is 131 cm³/mol. The largest absolute Gasteiger partial charge is 0.798 e. The molecular formula is C18H22N4O17P3+3. The molecule has 0 saturated carbocycles. The average molecular weight is 659 g/mol. The van der Waals surface area contributed by atoms with Crippen molar-refractivity contribution in [3.63, 3.8) is 0 Å². The molecule has 2 aromatic rings. The fraction of sp³-hybridized carbons (Fsp3) is 0.556. The van der Waals surface area contributed by atoms with Gasteiger partial charge in [0.15, 0.2) is 21.1 Å². The highest BCUT2D eigenvalue weighted by molar-refractivity contribution is 7.53. The molecule has 228 valence electrons. The van der Waals surface area contributed by atoms with Crippen molar-refractivity contribution in [2.45, 2.75) is 49.1 Å². The van der Waals surface area contributed by atoms with Crippen LogP contribution in [0, 0.1) is 0 Å². The van der Waals surface area contributed by atoms with E-state index in [9.17, 15) is 53.3 Å². The average Bonchev–Trinajstić information content (AvgIpc) is 3.36. The molecule has 2 fully saturated rings. The summed E-state index contributed by atoms with van der Waals surface area (Å²) in [5.74, 6) is 0. The first-order valence-corrected chi connectivity index (χ1v) is 14.8. The smallest absolute Gasteiger partial charge is 0.387 e. The fourth-order valence-electron chi connectivity index (χ4n) is 3.89. The zero-order valence-corrected chi connectivity index (χ0v) is 23.4. The summed E-state index contributed by atoms with van der Waals surface area (Å²) >= 11 is 0. The van der Waals surface area contributed by atoms with E-state index in [1.165, 1.54) is 0 Å². The van der Waals surface area contributed by atoms with Gasteiger partial charge in [-0.1, -0.05) is 0 Å². The van der Waals surface area contributed by atoms with Crippen LogP contribution in [0.3, 0.4) is 0 Å². The van der Waals surface area contributed by atoms with Crippen LogP contribution < -0.4 is 22.5 Å². The standard InChI is InChI=1S/C18H20N4O17P3/c23-9-1-3-21(17(29)19-9)15-13(27)11(25)7(36-15)5-34-40(31)38-42(33)39-41(32)35-6-8-12(26)14(28)16(37-8)22-4-2-10(24)20-18(22)30/h1-4,7-8,11-16,25-28H,5-6H2/q+1/p+2/t7-,8+,11-,12+,13-,14+,15-,16+. The Morgan fingerprint density at radius 2 is 1.05 bits per heavy atom. The number of hydrogen-bond donors (Lipinski definition) is 6. The van der Waals surface area contributed by atoms with E-state index in [1.807, 2.05) is 9.97 Å². The Morgan fingerprint density at radius 1 is 0.667 bits per heavy atom. The third-order valence-electron chi connectivity index (χ3n) is 5.88. The van der Waals surface area contributed by atoms with Gasteiger partial charge < -0.3 is 29.9 Å². The van der Waals surface area contributed by atoms with Crippen molar-refractivity contribution < 1.29 is 61.3 Å². The minimum absolute atomic E-state index is 0.702. The number of aromatic amines is 2. The maximum absolute atomic E-state index is 12.0. The topological polar surface area (TPSA) is 297 Å². The lowest BCUT2D eigenvalue weighted by molar-refractivity contribution is -0.0519. The third kappa shape index (κ3) is 7.42. The molecule has 21 nitrogen and oxygen atoms in total. The maximum Gasteiger partial charge on any atom is 0.798 e. The summed E-state index contributed by atoms with van der Waals surface area (Å²) in [6.45, 7) is -1.40. The van der Waals surface area contributed by atoms with Gasteiger partial charge in [0.25, 0.3) is 11.1 Å². The molecule has 0 aromatic carbocycles. The third-order valence-corrected chi connectivity index (χ3v) is 8.73. The number of H-pyrrole nitrogens is 2. The molecule has 24 heteroatoms. The van der Waals surface area contributed by atoms with Crippen LogP contribution in [-0.4, -0.2) is 89.4 Å². The fourth-order valence-corrected chi connectivity index (χ4v) is 6.06. The molecule has 6 N–H and O–H groups in total. The Labute approximate surface area is 234 Å². The van der Waals surface area contributed by atoms with Crippen molar-refractivity contribution in [2.24, 2.45) is 0 Å². The first kappa shape index (κ1) is 32.2. The van der Waals surface area contributed by atoms with Gasteiger partial charge in [-0.2, -0.15) is 0 Å². The summed E-state index contributed by atoms with van der Waals surface area (Å²) < 4.78 is 66.5. The minimum Gasteiger partial charge on any atom is -0.387 e. The Kier molecular flexibility index (Phi) is 10.5. The van der Waals surface area contributed by atoms with Crippen LogP contribution in [0.2, 0.25) is 0 Å². The Balaban J connectivity index is 1.21. The molecule has 2 aliphatic rings. The van der Waals surface area contributed by atoms with Crippen LogP contribution >= 0.6 is 24.8 Å². The van der Waals surface area contributed by atoms with Crippen LogP contribution in [-0.2, 0) is 40.8 Å². The van der Waals surface area contributed by atoms with Crippen LogP contribution in [0.1, 0.15) is 12.5 Å². The van der Waals surface area contributed by atoms with Crippen molar-refractivity contribution in [1.82, 2.24) is 19.1 Å². The van der Waals surface area contributed by atoms with Crippen molar-refractivity contribution in [1.29, 1.82) is 0 Å². The van der Waals surface area contributed by atoms with E-state index in [0.29, 0.717) is 0 Å². The molecule has 4 heterocycles. The number of nitrogens with zero attached hydrogens (tertiary/aromatic N) is 2. The van der Waals surface area contributed by atoms with E-state index in [1.54, 1.807) is 0 Å². The highest BCUT2D eigenvalue weighted by Gasteiger charge is 2.53. The summed E-state index contributed by atoms with van der Waals surface area (Å²) in [5, 5.41) is 40.6. The van der Waals surface area contributed by atoms with Crippen molar-refractivity contribution in [3.8, 4) is 0 Å². The van der Waals surface area contributed by atoms with Crippen LogP contribution in [0.4, 0.5) is 0 Å². The van der Waals surface area contributed by atoms with Gasteiger partial charge in [0.2, 0.25) is 0 Å². The summed E-state index contributed by atoms with van der Waals surface area (Å²) in [5.41, 5.74) is -3.29. The van der Waals surface area contributed by atoms with Crippen LogP contribution in [0.15, 0.2) is 43.7 Å². The van der Waals surface area contributed by atoms with Gasteiger partial charge in [0, 0.05) is 38.2 Å². The maximum atomic E-state index is 12.0. The zero-order chi connectivity index (χ0) is 30.7. The first-order valence-electron chi connectivity index (χ1n) is 11.6. The molecule has 2 saturated heterocycles. The molecule has 0 aliphatic carbocycles. The number of hydrogen-bond acceptors (Lipinski definition) is 17. The lowest BCUT2D eigenvalue weighted by Crippen LogP contribution is -2.37. The van der Waals surface area contributed by atoms with E-state index in [-0.39, 0.29) is 0 Å². The Hall–Kier alpha value is -2.74. The molecule has 2 aromatic heterocycles. The molecular weight excluding hydrogens is 637 g/mol. The van der Waals surface area contributed by atoms with Crippen LogP contribution in [0.25, 0.3) is 0 Å². The van der Waals surface area contributed by atoms with Crippen molar-refractivity contribution >= 4 is 24.8 Å². The van der Waals surface area contributed by atoms with Crippen LogP contribution in [0.5, 0.6) is 0 Å². The number of rotatable bonds is 12. The number of aromatic nitrogens is 4. The van der Waals surface area contributed by atoms with Crippen molar-refractivity contribution in [2.75, 3.05) is 13.2 Å². The monoisotopic (exact) mass is 659 g/mol. The second-order valence-electron chi connectivity index (χ2n) is 8.55. The van der Waals surface area contributed by atoms with Gasteiger partial charge in [-0.25, -0.2) is 9.59 Å². The van der Waals surface area contributed by atoms with E-state index < -0.39 is 110 Å². The number of aliphatic hydroxyl groups is 4. The van der Waals surface area contributed by atoms with Gasteiger partial charge in [-0.15, -0.1) is 9.05 Å². The second kappa shape index (κ2) is 13.7. The number of aliphatic hydroxyl groups excluding tert-OH is 4. The lowest BCUT2D eigenvalue weighted by Gasteiger charge is -2.16. The molecule has 2 aliphatic heterocycles. The first-order chi connectivity index (χ1) is 19.8. The summed E-state index contributed by atoms with van der Waals surface area (Å²) in [7, 11) is -9.85. The summed E-state index contributed by atoms with van der Waals surface area (Å²) in [6.07, 6.45) is -10.1. The SMILES string of the molecule is O=c1ccn([C@@H]2O[C@H](CO[P+](=O)O[P+](=O)O[P+](=O)OC[C@@H]3O[C@H](n4ccc(=O)[nH]c4=O)[C@@H](O)[C@H]3O)[C@@H](O)[C@H]2O)c(=O)[nH]1. The Bertz CT molecular complexity index is 1460. The molecule has 0 spiro atoms. The molecule has 42 heavy (non-hydrogen) atoms. The highest BCUT2D eigenvalue weighted by Crippen LogP contribution is 2.47. The predicted octanol–water partition coefficient (Wildman–Crippen LogP) is -2.64. The van der Waals surface area contributed by atoms with Gasteiger partial charge in [-0.05, 0) is 0 Å².